The van der Waals surface area contributed by atoms with E-state index in [0.29, 0.717) is 90.5 Å². The van der Waals surface area contributed by atoms with Gasteiger partial charge in [-0.3, -0.25) is 20.4 Å². The third-order valence-corrected chi connectivity index (χ3v) is 19.6. The molecule has 3 heterocycles. The van der Waals surface area contributed by atoms with E-state index in [9.17, 15) is 14.7 Å². The molecule has 17 rings (SSSR count). The zero-order chi connectivity index (χ0) is 95.0. The molecule has 135 heavy (non-hydrogen) atoms. The first kappa shape index (κ1) is 106. The van der Waals surface area contributed by atoms with Crippen LogP contribution in [-0.4, -0.2) is 99.0 Å². The summed E-state index contributed by atoms with van der Waals surface area (Å²) >= 11 is 3.27. The zero-order valence-corrected chi connectivity index (χ0v) is 79.7. The van der Waals surface area contributed by atoms with Gasteiger partial charge in [-0.15, -0.1) is 5.60 Å². The molecule has 28 nitrogen and oxygen atoms in total. The number of oxime groups is 2. The SMILES string of the molecule is CC(C)(C)[O-].N#Cc1ccc(N)c(N)c1.N/C(=N\O)c1ccc2nc(-c3cccc(-c4ccc(/C(N)=N\O)cc4)c3)[nH]c2c1.N=C(N)c1ccc(-c2cccc(-c3nc4ccc(C(=N)N)cc4[nH]3)c2)cc1.O=Cc1cccc(B(O)O)c1.[C-]#[N+]c1ccc(-c2cccc(-c3nc4ccc(C#N)cc4[nH]3)c2)cc1.[C-]#[N+]c1ccc(-c2cccc(C=O)c2)cc1.[C-]#[N+]c1ccc(Br)cc1.[CH3-].[K+].[Pd]. The number of nitrogens with zero attached hydrogens (tertiary/aromatic N) is 10. The molecule has 0 aliphatic rings. The Morgan fingerprint density at radius 2 is 0.748 bits per heavy atom. The Morgan fingerprint density at radius 1 is 0.430 bits per heavy atom. The average molecular weight is 1970 g/mol. The van der Waals surface area contributed by atoms with E-state index in [1.807, 2.05) is 194 Å². The second-order valence-corrected chi connectivity index (χ2v) is 30.6. The second-order valence-electron chi connectivity index (χ2n) is 29.6. The van der Waals surface area contributed by atoms with Crippen molar-refractivity contribution < 1.29 is 107 Å². The molecule has 668 valence electrons. The first-order valence-corrected chi connectivity index (χ1v) is 40.7. The second kappa shape index (κ2) is 51.6. The Hall–Kier alpha value is -15.9. The number of aromatic amines is 3. The fourth-order valence-corrected chi connectivity index (χ4v) is 12.6. The van der Waals surface area contributed by atoms with E-state index in [-0.39, 0.29) is 103 Å². The van der Waals surface area contributed by atoms with Gasteiger partial charge in [0, 0.05) is 75.0 Å². The summed E-state index contributed by atoms with van der Waals surface area (Å²) in [7, 11) is -1.50. The molecule has 3 aromatic heterocycles. The largest absolute Gasteiger partial charge is 1.00 e. The molecule has 0 saturated heterocycles. The Labute approximate surface area is 844 Å². The number of rotatable bonds is 14. The van der Waals surface area contributed by atoms with Crippen molar-refractivity contribution in [3.05, 3.63) is 406 Å². The molecule has 0 unspecified atom stereocenters. The van der Waals surface area contributed by atoms with Crippen LogP contribution in [-0.2, 0) is 20.4 Å². The van der Waals surface area contributed by atoms with Gasteiger partial charge >= 0.3 is 58.5 Å². The molecule has 17 aromatic rings. The number of carbonyl (C=O) groups excluding carboxylic acids is 2. The minimum absolute atomic E-state index is 0. The monoisotopic (exact) mass is 1960 g/mol. The minimum Gasteiger partial charge on any atom is -0.850 e. The number of H-pyrrole nitrogens is 3. The molecule has 0 fully saturated rings. The number of benzene rings is 14. The van der Waals surface area contributed by atoms with E-state index in [4.69, 9.17) is 95.9 Å². The minimum atomic E-state index is -1.50. The molecule has 0 atom stereocenters. The smallest absolute Gasteiger partial charge is 0.850 e. The Kier molecular flexibility index (Phi) is 40.6. The van der Waals surface area contributed by atoms with Gasteiger partial charge in [-0.1, -0.05) is 265 Å². The molecule has 0 aliphatic carbocycles. The number of nitriles is 2. The van der Waals surface area contributed by atoms with Gasteiger partial charge < -0.3 is 82.3 Å². The van der Waals surface area contributed by atoms with Crippen LogP contribution in [0.4, 0.5) is 28.4 Å². The number of aldehydes is 2. The van der Waals surface area contributed by atoms with Crippen LogP contribution in [0.2, 0.25) is 0 Å². The molecule has 0 spiro atoms. The number of nitrogens with one attached hydrogen (secondary N) is 5. The summed E-state index contributed by atoms with van der Waals surface area (Å²) in [5.74, 6) is 2.44. The van der Waals surface area contributed by atoms with Gasteiger partial charge in [0.2, 0.25) is 0 Å². The maximum absolute atomic E-state index is 10.7. The number of amidine groups is 4. The van der Waals surface area contributed by atoms with Crippen molar-refractivity contribution in [3.8, 4) is 90.8 Å². The van der Waals surface area contributed by atoms with Crippen LogP contribution >= 0.6 is 15.9 Å². The summed E-state index contributed by atoms with van der Waals surface area (Å²) in [6, 6.07) is 99.9. The van der Waals surface area contributed by atoms with Crippen LogP contribution < -0.4 is 96.4 Å². The summed E-state index contributed by atoms with van der Waals surface area (Å²) in [6.45, 7) is 25.4. The summed E-state index contributed by atoms with van der Waals surface area (Å²) in [5.41, 5.74) is 56.5. The van der Waals surface area contributed by atoms with Crippen molar-refractivity contribution in [2.45, 2.75) is 26.4 Å². The van der Waals surface area contributed by atoms with E-state index < -0.39 is 12.7 Å². The van der Waals surface area contributed by atoms with E-state index in [0.717, 1.165) is 117 Å². The summed E-state index contributed by atoms with van der Waals surface area (Å²) in [6.07, 6.45) is 1.49. The molecule has 14 aromatic carbocycles. The maximum atomic E-state index is 10.7. The normalized spacial score (nSPS) is 10.3. The van der Waals surface area contributed by atoms with Gasteiger partial charge in [0.05, 0.1) is 87.5 Å². The molecule has 21 N–H and O–H groups in total. The van der Waals surface area contributed by atoms with E-state index in [2.05, 4.69) is 88.9 Å². The van der Waals surface area contributed by atoms with Crippen molar-refractivity contribution in [1.29, 1.82) is 21.3 Å². The third kappa shape index (κ3) is 31.1. The number of anilines is 2. The number of hydrogen-bond donors (Lipinski definition) is 15. The van der Waals surface area contributed by atoms with E-state index in [1.165, 1.54) is 12.1 Å². The summed E-state index contributed by atoms with van der Waals surface area (Å²) in [4.78, 5) is 54.6. The van der Waals surface area contributed by atoms with Gasteiger partial charge in [-0.2, -0.15) is 10.5 Å². The zero-order valence-electron chi connectivity index (χ0n) is 73.4. The molecule has 0 amide bonds. The van der Waals surface area contributed by atoms with Crippen molar-refractivity contribution in [2.24, 2.45) is 33.2 Å². The molecule has 0 saturated carbocycles. The quantitative estimate of drug-likeness (QED) is 0.00703. The number of carbonyl (C=O) groups is 2. The molecular weight excluding hydrogens is 1880 g/mol. The van der Waals surface area contributed by atoms with Crippen LogP contribution in [0.25, 0.3) is 126 Å². The predicted molar refractivity (Wildman–Crippen MR) is 531 cm³/mol. The molecule has 32 heteroatoms. The fourth-order valence-electron chi connectivity index (χ4n) is 12.4. The van der Waals surface area contributed by atoms with Crippen LogP contribution in [0.15, 0.2) is 330 Å². The van der Waals surface area contributed by atoms with E-state index >= 15 is 0 Å². The Morgan fingerprint density at radius 3 is 1.13 bits per heavy atom. The van der Waals surface area contributed by atoms with Gasteiger partial charge in [0.15, 0.2) is 28.7 Å². The summed E-state index contributed by atoms with van der Waals surface area (Å²) in [5, 5.41) is 83.6. The van der Waals surface area contributed by atoms with Crippen molar-refractivity contribution in [1.82, 2.24) is 29.9 Å². The first-order valence-electron chi connectivity index (χ1n) is 39.9. The third-order valence-electron chi connectivity index (χ3n) is 19.0. The van der Waals surface area contributed by atoms with Crippen LogP contribution in [0, 0.1) is 60.6 Å². The van der Waals surface area contributed by atoms with Crippen molar-refractivity contribution >= 4 is 126 Å². The topological polar surface area (TPSA) is 513 Å². The Bertz CT molecular complexity index is 7270. The van der Waals surface area contributed by atoms with Gasteiger partial charge in [-0.25, -0.2) is 29.5 Å². The van der Waals surface area contributed by atoms with Crippen molar-refractivity contribution in [3.63, 3.8) is 0 Å². The standard InChI is InChI=1S/C21H18N6O2.C21H18N6.C21H12N4.C14H9NO.C7H7BO3.C7H4BrN.C7H7N3.C4H9O.CH3.K.Pd/c22-19(26-28)13-6-4-12(5-7-13)14-2-1-3-16(10-14)21-24-17-9-8-15(20(23)27-29)11-18(17)25-21;22-19(23)13-6-4-12(5-7-13)14-2-1-3-16(10-14)21-26-17-9-8-15(20(24)25)11-18(17)27-21;1-23-18-8-6-15(7-9-18)16-3-2-4-17(12-16)21-24-19-10-5-14(13-22)11-20(19)25-21;1-15-14-7-5-12(6-8-14)13-4-2-3-11(9-13)10-16;9-5-6-2-1-3-7(4-6)8(10)11;1-9-7-4-2-6(8)3-5-7;8-4-5-1-2-6(9)7(10)3-5;1-4(2,3)5;;;/h1-11,28-29H,(H2,22,26)(H2,23,27)(H,24,25);1-11H,(H3,22,23)(H3,24,25)(H,26,27);2-12H,(H,24,25);2-10H;1-5,10-11H;2-5H;1-3H,9-10H2;1-3H3;1H3;;/q;;;;;;;2*-1;+1;. The van der Waals surface area contributed by atoms with Gasteiger partial charge in [0.1, 0.15) is 41.7 Å². The average Bonchev–Trinajstić information content (AvgIpc) is 1.68. The fraction of sp³-hybridized carbons (Fsp3) is 0.0388. The van der Waals surface area contributed by atoms with Gasteiger partial charge in [-0.05, 0) is 147 Å². The number of nitrogens with two attached hydrogens (primary N) is 6. The molecule has 0 aliphatic heterocycles. The van der Waals surface area contributed by atoms with Crippen LogP contribution in [0.3, 0.4) is 0 Å². The number of imidazole rings is 3. The number of halogens is 1. The Balaban J connectivity index is 0.000000220. The maximum Gasteiger partial charge on any atom is 1.00 e. The van der Waals surface area contributed by atoms with E-state index in [1.54, 1.807) is 124 Å². The first-order chi connectivity index (χ1) is 63.5. The molecular formula is C103H87BBrKN21O7Pd-. The number of nitrogen functional groups attached to an aromatic ring is 4. The number of aromatic nitrogens is 6. The van der Waals surface area contributed by atoms with Crippen LogP contribution in [0.5, 0.6) is 0 Å². The van der Waals surface area contributed by atoms with Crippen LogP contribution in [0.1, 0.15) is 74.9 Å². The number of hydrogen-bond acceptors (Lipinski definition) is 18. The molecule has 0 radical (unpaired) electrons. The number of fused-ring (bicyclic) bond motifs is 3. The predicted octanol–water partition coefficient (Wildman–Crippen LogP) is 16.1. The van der Waals surface area contributed by atoms with Crippen molar-refractivity contribution in [2.75, 3.05) is 11.5 Å². The summed E-state index contributed by atoms with van der Waals surface area (Å²) < 4.78 is 1.01. The molecule has 0 bridgehead atoms. The van der Waals surface area contributed by atoms with Gasteiger partial charge in [0.25, 0.3) is 0 Å².